The molecule has 1 aromatic rings. The molecule has 3 rings (SSSR count). The average Bonchev–Trinajstić information content (AvgIpc) is 2.89. The summed E-state index contributed by atoms with van der Waals surface area (Å²) in [5, 5.41) is 0.129. The quantitative estimate of drug-likeness (QED) is 0.913. The van der Waals surface area contributed by atoms with Crippen molar-refractivity contribution in [2.24, 2.45) is 11.7 Å². The molecule has 3 unspecified atom stereocenters. The van der Waals surface area contributed by atoms with Crippen molar-refractivity contribution in [2.75, 3.05) is 19.8 Å². The molecule has 0 bridgehead atoms. The van der Waals surface area contributed by atoms with Crippen LogP contribution in [-0.4, -0.2) is 25.4 Å². The first-order chi connectivity index (χ1) is 9.60. The van der Waals surface area contributed by atoms with E-state index in [1.165, 1.54) is 6.07 Å². The molecule has 1 aromatic carbocycles. The van der Waals surface area contributed by atoms with Crippen LogP contribution >= 0.6 is 11.6 Å². The van der Waals surface area contributed by atoms with E-state index in [2.05, 4.69) is 0 Å². The molecular weight excluding hydrogens is 281 g/mol. The summed E-state index contributed by atoms with van der Waals surface area (Å²) in [6, 6.07) is 4.59. The lowest BCUT2D eigenvalue weighted by molar-refractivity contribution is -0.101. The van der Waals surface area contributed by atoms with Crippen molar-refractivity contribution < 1.29 is 13.9 Å². The Morgan fingerprint density at radius 1 is 1.40 bits per heavy atom. The van der Waals surface area contributed by atoms with Gasteiger partial charge in [-0.2, -0.15) is 0 Å². The predicted octanol–water partition coefficient (Wildman–Crippen LogP) is 3.06. The molecule has 2 saturated heterocycles. The third kappa shape index (κ3) is 2.70. The van der Waals surface area contributed by atoms with Gasteiger partial charge in [0.2, 0.25) is 0 Å². The van der Waals surface area contributed by atoms with E-state index in [1.54, 1.807) is 12.1 Å². The van der Waals surface area contributed by atoms with E-state index in [1.807, 2.05) is 0 Å². The van der Waals surface area contributed by atoms with Crippen molar-refractivity contribution in [1.29, 1.82) is 0 Å². The maximum absolute atomic E-state index is 13.2. The maximum atomic E-state index is 13.2. The minimum Gasteiger partial charge on any atom is -0.378 e. The molecule has 20 heavy (non-hydrogen) atoms. The smallest absolute Gasteiger partial charge is 0.141 e. The first-order valence-electron chi connectivity index (χ1n) is 7.02. The van der Waals surface area contributed by atoms with Crippen LogP contribution in [0.4, 0.5) is 4.39 Å². The van der Waals surface area contributed by atoms with Gasteiger partial charge in [-0.25, -0.2) is 4.39 Å². The number of hydrogen-bond acceptors (Lipinski definition) is 3. The first-order valence-corrected chi connectivity index (χ1v) is 7.40. The standard InChI is InChI=1S/C15H19ClFNO2/c16-12-7-10(1-2-13(12)17)14(18)11-3-5-20-15(8-11)4-6-19-9-15/h1-2,7,11,14H,3-6,8-9,18H2. The van der Waals surface area contributed by atoms with Gasteiger partial charge in [0.25, 0.3) is 0 Å². The van der Waals surface area contributed by atoms with Gasteiger partial charge in [0.1, 0.15) is 5.82 Å². The molecule has 1 spiro atoms. The van der Waals surface area contributed by atoms with Crippen molar-refractivity contribution in [3.05, 3.63) is 34.6 Å². The van der Waals surface area contributed by atoms with Crippen LogP contribution in [0.15, 0.2) is 18.2 Å². The highest BCUT2D eigenvalue weighted by Crippen LogP contribution is 2.40. The van der Waals surface area contributed by atoms with Gasteiger partial charge in [-0.15, -0.1) is 0 Å². The minimum atomic E-state index is -0.407. The Balaban J connectivity index is 1.75. The normalized spacial score (nSPS) is 31.6. The van der Waals surface area contributed by atoms with Gasteiger partial charge >= 0.3 is 0 Å². The molecule has 110 valence electrons. The summed E-state index contributed by atoms with van der Waals surface area (Å²) in [5.41, 5.74) is 7.09. The zero-order valence-electron chi connectivity index (χ0n) is 11.3. The van der Waals surface area contributed by atoms with Crippen LogP contribution < -0.4 is 5.73 Å². The van der Waals surface area contributed by atoms with Crippen LogP contribution in [0.2, 0.25) is 5.02 Å². The first kappa shape index (κ1) is 14.3. The Bertz CT molecular complexity index is 491. The SMILES string of the molecule is NC(c1ccc(F)c(Cl)c1)C1CCOC2(CCOC2)C1. The number of ether oxygens (including phenoxy) is 2. The highest BCUT2D eigenvalue weighted by atomic mass is 35.5. The number of benzene rings is 1. The van der Waals surface area contributed by atoms with E-state index in [4.69, 9.17) is 26.8 Å². The average molecular weight is 300 g/mol. The highest BCUT2D eigenvalue weighted by Gasteiger charge is 2.42. The molecule has 3 atom stereocenters. The molecule has 2 heterocycles. The molecular formula is C15H19ClFNO2. The van der Waals surface area contributed by atoms with E-state index in [0.29, 0.717) is 19.1 Å². The number of hydrogen-bond donors (Lipinski definition) is 1. The van der Waals surface area contributed by atoms with Crippen LogP contribution in [0.25, 0.3) is 0 Å². The summed E-state index contributed by atoms with van der Waals surface area (Å²) in [7, 11) is 0. The molecule has 0 radical (unpaired) electrons. The summed E-state index contributed by atoms with van der Waals surface area (Å²) in [6.07, 6.45) is 2.74. The van der Waals surface area contributed by atoms with Crippen LogP contribution in [0.5, 0.6) is 0 Å². The molecule has 2 aliphatic rings. The molecule has 0 amide bonds. The molecule has 0 saturated carbocycles. The third-order valence-corrected chi connectivity index (χ3v) is 4.72. The minimum absolute atomic E-state index is 0.129. The lowest BCUT2D eigenvalue weighted by Gasteiger charge is -2.39. The molecule has 3 nitrogen and oxygen atoms in total. The molecule has 0 aromatic heterocycles. The van der Waals surface area contributed by atoms with Crippen molar-refractivity contribution in [3.8, 4) is 0 Å². The molecule has 5 heteroatoms. The number of halogens is 2. The van der Waals surface area contributed by atoms with Crippen LogP contribution in [-0.2, 0) is 9.47 Å². The van der Waals surface area contributed by atoms with Gasteiger partial charge in [0.15, 0.2) is 0 Å². The van der Waals surface area contributed by atoms with E-state index in [0.717, 1.165) is 31.4 Å². The van der Waals surface area contributed by atoms with Gasteiger partial charge in [-0.3, -0.25) is 0 Å². The van der Waals surface area contributed by atoms with E-state index in [-0.39, 0.29) is 16.7 Å². The summed E-state index contributed by atoms with van der Waals surface area (Å²) in [4.78, 5) is 0. The second-order valence-corrected chi connectivity index (χ2v) is 6.19. The van der Waals surface area contributed by atoms with Gasteiger partial charge in [-0.05, 0) is 36.5 Å². The van der Waals surface area contributed by atoms with Gasteiger partial charge < -0.3 is 15.2 Å². The van der Waals surface area contributed by atoms with Crippen molar-refractivity contribution >= 4 is 11.6 Å². The summed E-state index contributed by atoms with van der Waals surface area (Å²) in [5.74, 6) is -0.0952. The highest BCUT2D eigenvalue weighted by molar-refractivity contribution is 6.30. The monoisotopic (exact) mass is 299 g/mol. The van der Waals surface area contributed by atoms with Gasteiger partial charge in [0.05, 0.1) is 17.2 Å². The Morgan fingerprint density at radius 2 is 2.25 bits per heavy atom. The summed E-state index contributed by atoms with van der Waals surface area (Å²) >= 11 is 5.84. The maximum Gasteiger partial charge on any atom is 0.141 e. The van der Waals surface area contributed by atoms with Gasteiger partial charge in [-0.1, -0.05) is 17.7 Å². The fourth-order valence-corrected chi connectivity index (χ4v) is 3.42. The molecule has 2 fully saturated rings. The molecule has 0 aliphatic carbocycles. The van der Waals surface area contributed by atoms with Crippen LogP contribution in [0.1, 0.15) is 30.9 Å². The number of rotatable bonds is 2. The van der Waals surface area contributed by atoms with Crippen LogP contribution in [0.3, 0.4) is 0 Å². The van der Waals surface area contributed by atoms with E-state index >= 15 is 0 Å². The Labute approximate surface area is 123 Å². The number of nitrogens with two attached hydrogens (primary N) is 1. The fraction of sp³-hybridized carbons (Fsp3) is 0.600. The van der Waals surface area contributed by atoms with Crippen molar-refractivity contribution in [3.63, 3.8) is 0 Å². The predicted molar refractivity (Wildman–Crippen MR) is 75.2 cm³/mol. The zero-order chi connectivity index (χ0) is 14.2. The second kappa shape index (κ2) is 5.60. The largest absolute Gasteiger partial charge is 0.378 e. The van der Waals surface area contributed by atoms with E-state index < -0.39 is 5.82 Å². The Hall–Kier alpha value is -0.680. The lowest BCUT2D eigenvalue weighted by atomic mass is 9.79. The van der Waals surface area contributed by atoms with Crippen molar-refractivity contribution in [1.82, 2.24) is 0 Å². The Morgan fingerprint density at radius 3 is 2.95 bits per heavy atom. The lowest BCUT2D eigenvalue weighted by Crippen LogP contribution is -2.43. The fourth-order valence-electron chi connectivity index (χ4n) is 3.23. The zero-order valence-corrected chi connectivity index (χ0v) is 12.0. The molecule has 2 aliphatic heterocycles. The van der Waals surface area contributed by atoms with Crippen molar-refractivity contribution in [2.45, 2.75) is 30.9 Å². The second-order valence-electron chi connectivity index (χ2n) is 5.79. The topological polar surface area (TPSA) is 44.5 Å². The van der Waals surface area contributed by atoms with Crippen LogP contribution in [0, 0.1) is 11.7 Å². The summed E-state index contributed by atoms with van der Waals surface area (Å²) in [6.45, 7) is 2.11. The Kier molecular flexibility index (Phi) is 4.00. The third-order valence-electron chi connectivity index (χ3n) is 4.43. The summed E-state index contributed by atoms with van der Waals surface area (Å²) < 4.78 is 24.6. The molecule has 2 N–H and O–H groups in total. The van der Waals surface area contributed by atoms with Gasteiger partial charge in [0, 0.05) is 25.7 Å². The van der Waals surface area contributed by atoms with E-state index in [9.17, 15) is 4.39 Å².